The zero-order valence-corrected chi connectivity index (χ0v) is 14.1. The summed E-state index contributed by atoms with van der Waals surface area (Å²) in [6.45, 7) is 1.46. The first-order valence-corrected chi connectivity index (χ1v) is 10.1. The third-order valence-electron chi connectivity index (χ3n) is 4.41. The third kappa shape index (κ3) is 3.27. The summed E-state index contributed by atoms with van der Waals surface area (Å²) < 4.78 is 32.5. The highest BCUT2D eigenvalue weighted by Crippen LogP contribution is 2.29. The van der Waals surface area contributed by atoms with Crippen LogP contribution in [0.15, 0.2) is 17.5 Å². The summed E-state index contributed by atoms with van der Waals surface area (Å²) >= 11 is 1.41. The number of ether oxygens (including phenoxy) is 1. The Morgan fingerprint density at radius 3 is 2.91 bits per heavy atom. The van der Waals surface area contributed by atoms with Gasteiger partial charge >= 0.3 is 0 Å². The second-order valence-electron chi connectivity index (χ2n) is 5.90. The minimum Gasteiger partial charge on any atom is -0.380 e. The van der Waals surface area contributed by atoms with Crippen molar-refractivity contribution in [2.24, 2.45) is 0 Å². The molecule has 0 spiro atoms. The topological polar surface area (TPSA) is 63.7 Å². The van der Waals surface area contributed by atoms with Crippen molar-refractivity contribution in [2.75, 3.05) is 19.8 Å². The quantitative estimate of drug-likeness (QED) is 0.770. The van der Waals surface area contributed by atoms with Gasteiger partial charge in [0, 0.05) is 25.6 Å². The zero-order valence-electron chi connectivity index (χ0n) is 12.4. The standard InChI is InChI=1S/C15H21NO4S2/c17-14(15-6-3-9-21-15)10-12-4-1-7-16(12)22(18,19)13-5-2-8-20-11-13/h3,6,9,12-13H,1-2,4-5,7-8,10-11H2/t12-,13+/m0/s1. The Kier molecular flexibility index (Phi) is 4.97. The van der Waals surface area contributed by atoms with Gasteiger partial charge in [0.15, 0.2) is 5.78 Å². The first kappa shape index (κ1) is 16.1. The molecule has 5 nitrogen and oxygen atoms in total. The van der Waals surface area contributed by atoms with E-state index in [-0.39, 0.29) is 24.9 Å². The van der Waals surface area contributed by atoms with E-state index in [1.54, 1.807) is 10.4 Å². The molecule has 2 atom stereocenters. The zero-order chi connectivity index (χ0) is 15.6. The molecule has 0 bridgehead atoms. The molecule has 3 heterocycles. The van der Waals surface area contributed by atoms with Crippen LogP contribution in [-0.4, -0.2) is 49.6 Å². The predicted octanol–water partition coefficient (Wildman–Crippen LogP) is 2.29. The molecule has 1 aromatic heterocycles. The first-order chi connectivity index (χ1) is 10.6. The van der Waals surface area contributed by atoms with Gasteiger partial charge in [0.25, 0.3) is 0 Å². The molecule has 0 N–H and O–H groups in total. The van der Waals surface area contributed by atoms with Gasteiger partial charge in [0.1, 0.15) is 0 Å². The normalized spacial score (nSPS) is 27.1. The van der Waals surface area contributed by atoms with Crippen molar-refractivity contribution in [2.45, 2.75) is 43.4 Å². The van der Waals surface area contributed by atoms with Crippen molar-refractivity contribution in [1.82, 2.24) is 4.31 Å². The highest BCUT2D eigenvalue weighted by Gasteiger charge is 2.40. The van der Waals surface area contributed by atoms with Crippen LogP contribution < -0.4 is 0 Å². The van der Waals surface area contributed by atoms with Crippen molar-refractivity contribution in [1.29, 1.82) is 0 Å². The van der Waals surface area contributed by atoms with Crippen LogP contribution in [0.4, 0.5) is 0 Å². The van der Waals surface area contributed by atoms with Crippen LogP contribution in [0.2, 0.25) is 0 Å². The van der Waals surface area contributed by atoms with Crippen LogP contribution in [0.5, 0.6) is 0 Å². The van der Waals surface area contributed by atoms with Crippen LogP contribution >= 0.6 is 11.3 Å². The number of hydrogen-bond acceptors (Lipinski definition) is 5. The summed E-state index contributed by atoms with van der Waals surface area (Å²) in [7, 11) is -3.37. The molecule has 0 aromatic carbocycles. The molecule has 3 rings (SSSR count). The highest BCUT2D eigenvalue weighted by atomic mass is 32.2. The molecule has 122 valence electrons. The predicted molar refractivity (Wildman–Crippen MR) is 85.8 cm³/mol. The lowest BCUT2D eigenvalue weighted by molar-refractivity contribution is 0.0948. The van der Waals surface area contributed by atoms with Gasteiger partial charge in [-0.1, -0.05) is 6.07 Å². The lowest BCUT2D eigenvalue weighted by atomic mass is 10.1. The van der Waals surface area contributed by atoms with Gasteiger partial charge in [-0.3, -0.25) is 4.79 Å². The minimum absolute atomic E-state index is 0.0435. The Bertz CT molecular complexity index is 605. The molecule has 1 aromatic rings. The number of thiophene rings is 1. The van der Waals surface area contributed by atoms with E-state index in [0.29, 0.717) is 24.4 Å². The molecule has 0 unspecified atom stereocenters. The van der Waals surface area contributed by atoms with Crippen molar-refractivity contribution in [3.63, 3.8) is 0 Å². The number of rotatable bonds is 5. The number of ketones is 1. The van der Waals surface area contributed by atoms with E-state index >= 15 is 0 Å². The Morgan fingerprint density at radius 1 is 1.36 bits per heavy atom. The number of sulfonamides is 1. The molecule has 0 radical (unpaired) electrons. The Morgan fingerprint density at radius 2 is 2.23 bits per heavy atom. The van der Waals surface area contributed by atoms with Crippen molar-refractivity contribution in [3.05, 3.63) is 22.4 Å². The summed E-state index contributed by atoms with van der Waals surface area (Å²) in [6.07, 6.45) is 3.33. The van der Waals surface area contributed by atoms with E-state index in [0.717, 1.165) is 19.3 Å². The van der Waals surface area contributed by atoms with E-state index in [4.69, 9.17) is 4.74 Å². The summed E-state index contributed by atoms with van der Waals surface area (Å²) in [5.74, 6) is 0.0435. The highest BCUT2D eigenvalue weighted by molar-refractivity contribution is 7.89. The second-order valence-corrected chi connectivity index (χ2v) is 9.01. The summed E-state index contributed by atoms with van der Waals surface area (Å²) in [4.78, 5) is 13.0. The summed E-state index contributed by atoms with van der Waals surface area (Å²) in [6, 6.07) is 3.46. The monoisotopic (exact) mass is 343 g/mol. The Labute approximate surface area is 135 Å². The molecule has 2 saturated heterocycles. The number of carbonyl (C=O) groups is 1. The number of hydrogen-bond donors (Lipinski definition) is 0. The fraction of sp³-hybridized carbons (Fsp3) is 0.667. The van der Waals surface area contributed by atoms with Gasteiger partial charge in [0.2, 0.25) is 10.0 Å². The van der Waals surface area contributed by atoms with Crippen LogP contribution in [0.1, 0.15) is 41.8 Å². The lowest BCUT2D eigenvalue weighted by Gasteiger charge is -2.30. The fourth-order valence-corrected chi connectivity index (χ4v) is 6.01. The summed E-state index contributed by atoms with van der Waals surface area (Å²) in [5, 5.41) is 1.43. The van der Waals surface area contributed by atoms with Gasteiger partial charge in [0.05, 0.1) is 16.7 Å². The van der Waals surface area contributed by atoms with Gasteiger partial charge in [-0.15, -0.1) is 11.3 Å². The number of carbonyl (C=O) groups excluding carboxylic acids is 1. The molecule has 7 heteroatoms. The van der Waals surface area contributed by atoms with Crippen LogP contribution in [0.25, 0.3) is 0 Å². The summed E-state index contributed by atoms with van der Waals surface area (Å²) in [5.41, 5.74) is 0. The van der Waals surface area contributed by atoms with Crippen LogP contribution in [-0.2, 0) is 14.8 Å². The molecular formula is C15H21NO4S2. The number of nitrogens with zero attached hydrogens (tertiary/aromatic N) is 1. The van der Waals surface area contributed by atoms with E-state index in [1.807, 2.05) is 11.4 Å². The Balaban J connectivity index is 1.71. The molecule has 0 saturated carbocycles. The molecule has 0 aliphatic carbocycles. The minimum atomic E-state index is -3.37. The maximum absolute atomic E-state index is 12.8. The first-order valence-electron chi connectivity index (χ1n) is 7.74. The SMILES string of the molecule is O=C(C[C@@H]1CCCN1S(=O)(=O)[C@@H]1CCCOC1)c1cccs1. The van der Waals surface area contributed by atoms with Gasteiger partial charge in [-0.25, -0.2) is 8.42 Å². The molecular weight excluding hydrogens is 322 g/mol. The largest absolute Gasteiger partial charge is 0.380 e. The van der Waals surface area contributed by atoms with Crippen molar-refractivity contribution in [3.8, 4) is 0 Å². The fourth-order valence-electron chi connectivity index (χ4n) is 3.24. The maximum Gasteiger partial charge on any atom is 0.219 e. The van der Waals surface area contributed by atoms with E-state index in [9.17, 15) is 13.2 Å². The molecule has 2 aliphatic heterocycles. The average molecular weight is 343 g/mol. The van der Waals surface area contributed by atoms with E-state index in [1.165, 1.54) is 11.3 Å². The molecule has 0 amide bonds. The van der Waals surface area contributed by atoms with Crippen molar-refractivity contribution < 1.29 is 17.9 Å². The maximum atomic E-state index is 12.8. The Hall–Kier alpha value is -0.760. The lowest BCUT2D eigenvalue weighted by Crippen LogP contribution is -2.45. The van der Waals surface area contributed by atoms with E-state index in [2.05, 4.69) is 0 Å². The average Bonchev–Trinajstić information content (AvgIpc) is 3.19. The van der Waals surface area contributed by atoms with Gasteiger partial charge in [-0.2, -0.15) is 4.31 Å². The van der Waals surface area contributed by atoms with Gasteiger partial charge in [-0.05, 0) is 37.1 Å². The van der Waals surface area contributed by atoms with Crippen LogP contribution in [0.3, 0.4) is 0 Å². The smallest absolute Gasteiger partial charge is 0.219 e. The van der Waals surface area contributed by atoms with E-state index < -0.39 is 15.3 Å². The van der Waals surface area contributed by atoms with Gasteiger partial charge < -0.3 is 4.74 Å². The van der Waals surface area contributed by atoms with Crippen LogP contribution in [0, 0.1) is 0 Å². The molecule has 22 heavy (non-hydrogen) atoms. The van der Waals surface area contributed by atoms with Crippen molar-refractivity contribution >= 4 is 27.1 Å². The molecule has 2 fully saturated rings. The molecule has 2 aliphatic rings. The second kappa shape index (κ2) is 6.78. The third-order valence-corrected chi connectivity index (χ3v) is 7.67. The number of Topliss-reactive ketones (excluding diaryl/α,β-unsaturated/α-hetero) is 1.